The summed E-state index contributed by atoms with van der Waals surface area (Å²) >= 11 is 0. The van der Waals surface area contributed by atoms with Crippen LogP contribution in [0.1, 0.15) is 22.3 Å². The lowest BCUT2D eigenvalue weighted by Crippen LogP contribution is -2.12. The smallest absolute Gasteiger partial charge is 0.381 e. The fraction of sp³-hybridized carbons (Fsp3) is 0.125. The van der Waals surface area contributed by atoms with Crippen molar-refractivity contribution in [3.05, 3.63) is 102 Å². The first-order valence-electron chi connectivity index (χ1n) is 9.56. The quantitative estimate of drug-likeness (QED) is 0.383. The molecule has 0 aliphatic carbocycles. The van der Waals surface area contributed by atoms with Crippen LogP contribution in [0.3, 0.4) is 0 Å². The predicted molar refractivity (Wildman–Crippen MR) is 113 cm³/mol. The Labute approximate surface area is 176 Å². The lowest BCUT2D eigenvalue weighted by molar-refractivity contribution is -0.137. The lowest BCUT2D eigenvalue weighted by atomic mass is 10.1. The molecule has 31 heavy (non-hydrogen) atoms. The van der Waals surface area contributed by atoms with E-state index in [1.165, 1.54) is 12.1 Å². The van der Waals surface area contributed by atoms with Crippen LogP contribution < -0.4 is 5.32 Å². The Kier molecular flexibility index (Phi) is 5.27. The van der Waals surface area contributed by atoms with E-state index in [1.54, 1.807) is 36.0 Å². The largest absolute Gasteiger partial charge is 0.416 e. The van der Waals surface area contributed by atoms with Crippen LogP contribution in [0.2, 0.25) is 0 Å². The second kappa shape index (κ2) is 7.91. The van der Waals surface area contributed by atoms with E-state index in [-0.39, 0.29) is 12.4 Å². The van der Waals surface area contributed by atoms with Gasteiger partial charge in [-0.1, -0.05) is 30.8 Å². The van der Waals surface area contributed by atoms with Crippen molar-refractivity contribution in [1.29, 1.82) is 0 Å². The van der Waals surface area contributed by atoms with Gasteiger partial charge in [0.25, 0.3) is 0 Å². The molecule has 0 saturated heterocycles. The number of aryl methyl sites for hydroxylation is 1. The first kappa shape index (κ1) is 20.7. The van der Waals surface area contributed by atoms with Crippen LogP contribution >= 0.6 is 0 Å². The summed E-state index contributed by atoms with van der Waals surface area (Å²) in [6.45, 7) is 5.94. The van der Waals surface area contributed by atoms with Gasteiger partial charge in [-0.3, -0.25) is 0 Å². The van der Waals surface area contributed by atoms with Gasteiger partial charge in [-0.05, 0) is 54.4 Å². The van der Waals surface area contributed by atoms with Gasteiger partial charge < -0.3 is 5.32 Å². The fourth-order valence-electron chi connectivity index (χ4n) is 3.44. The molecule has 0 radical (unpaired) electrons. The highest BCUT2D eigenvalue weighted by Gasteiger charge is 2.30. The molecule has 158 valence electrons. The van der Waals surface area contributed by atoms with Gasteiger partial charge in [0.1, 0.15) is 5.82 Å². The molecule has 3 nitrogen and oxygen atoms in total. The summed E-state index contributed by atoms with van der Waals surface area (Å²) in [5, 5.41) is 8.36. The van der Waals surface area contributed by atoms with Crippen molar-refractivity contribution in [2.75, 3.05) is 0 Å². The van der Waals surface area contributed by atoms with E-state index >= 15 is 0 Å². The molecule has 0 aliphatic heterocycles. The number of halogens is 4. The van der Waals surface area contributed by atoms with Crippen molar-refractivity contribution < 1.29 is 17.6 Å². The Hall–Kier alpha value is -3.61. The zero-order valence-electron chi connectivity index (χ0n) is 16.7. The van der Waals surface area contributed by atoms with Crippen molar-refractivity contribution in [1.82, 2.24) is 15.1 Å². The number of benzene rings is 3. The summed E-state index contributed by atoms with van der Waals surface area (Å²) in [5.74, 6) is -0.284. The van der Waals surface area contributed by atoms with E-state index in [0.29, 0.717) is 16.8 Å². The second-order valence-corrected chi connectivity index (χ2v) is 7.26. The Morgan fingerprint density at radius 2 is 1.84 bits per heavy atom. The minimum absolute atomic E-state index is 0.199. The number of hydrogen-bond donors (Lipinski definition) is 1. The third-order valence-electron chi connectivity index (χ3n) is 5.09. The van der Waals surface area contributed by atoms with Gasteiger partial charge in [0, 0.05) is 23.2 Å². The van der Waals surface area contributed by atoms with E-state index in [2.05, 4.69) is 17.0 Å². The number of nitrogens with one attached hydrogen (secondary N) is 1. The number of alkyl halides is 3. The molecule has 0 amide bonds. The van der Waals surface area contributed by atoms with Crippen LogP contribution in [-0.2, 0) is 12.7 Å². The SMILES string of the molecule is C=C(NCc1cccc(C(F)(F)F)c1)c1cccc2c1cnn2-c1ccc(F)c(C)c1. The van der Waals surface area contributed by atoms with E-state index in [4.69, 9.17) is 0 Å². The first-order chi connectivity index (χ1) is 14.7. The number of aromatic nitrogens is 2. The number of rotatable bonds is 5. The molecule has 0 bridgehead atoms. The molecule has 4 aromatic rings. The van der Waals surface area contributed by atoms with Gasteiger partial charge in [0.2, 0.25) is 0 Å². The third kappa shape index (κ3) is 4.17. The van der Waals surface area contributed by atoms with Crippen molar-refractivity contribution in [2.45, 2.75) is 19.6 Å². The van der Waals surface area contributed by atoms with Crippen molar-refractivity contribution in [2.24, 2.45) is 0 Å². The topological polar surface area (TPSA) is 29.9 Å². The standard InChI is InChI=1S/C24H19F4N3/c1-15-11-19(9-10-22(15)25)31-23-8-4-7-20(21(23)14-30-31)16(2)29-13-17-5-3-6-18(12-17)24(26,27)28/h3-12,14,29H,2,13H2,1H3. The lowest BCUT2D eigenvalue weighted by Gasteiger charge is -2.13. The van der Waals surface area contributed by atoms with Crippen LogP contribution in [-0.4, -0.2) is 9.78 Å². The average molecular weight is 425 g/mol. The van der Waals surface area contributed by atoms with Gasteiger partial charge in [0.05, 0.1) is 23.0 Å². The van der Waals surface area contributed by atoms with Crippen molar-refractivity contribution in [3.8, 4) is 5.69 Å². The molecule has 4 rings (SSSR count). The molecule has 0 saturated carbocycles. The third-order valence-corrected chi connectivity index (χ3v) is 5.09. The van der Waals surface area contributed by atoms with E-state index < -0.39 is 11.7 Å². The zero-order chi connectivity index (χ0) is 22.2. The number of fused-ring (bicyclic) bond motifs is 1. The Morgan fingerprint density at radius 3 is 2.58 bits per heavy atom. The van der Waals surface area contributed by atoms with Crippen LogP contribution in [0.4, 0.5) is 17.6 Å². The summed E-state index contributed by atoms with van der Waals surface area (Å²) in [7, 11) is 0. The van der Waals surface area contributed by atoms with Gasteiger partial charge in [0.15, 0.2) is 0 Å². The van der Waals surface area contributed by atoms with Crippen molar-refractivity contribution in [3.63, 3.8) is 0 Å². The maximum atomic E-state index is 13.6. The van der Waals surface area contributed by atoms with Crippen LogP contribution in [0, 0.1) is 12.7 Å². The highest BCUT2D eigenvalue weighted by Crippen LogP contribution is 2.30. The van der Waals surface area contributed by atoms with E-state index in [0.717, 1.165) is 34.3 Å². The predicted octanol–water partition coefficient (Wildman–Crippen LogP) is 6.25. The van der Waals surface area contributed by atoms with E-state index in [1.807, 2.05) is 18.2 Å². The van der Waals surface area contributed by atoms with Crippen LogP contribution in [0.5, 0.6) is 0 Å². The maximum Gasteiger partial charge on any atom is 0.416 e. The molecule has 0 aliphatic rings. The maximum absolute atomic E-state index is 13.6. The minimum Gasteiger partial charge on any atom is -0.381 e. The number of nitrogens with zero attached hydrogens (tertiary/aromatic N) is 2. The molecular formula is C24H19F4N3. The summed E-state index contributed by atoms with van der Waals surface area (Å²) in [5.41, 5.74) is 3.23. The summed E-state index contributed by atoms with van der Waals surface area (Å²) in [6.07, 6.45) is -2.69. The molecule has 0 spiro atoms. The van der Waals surface area contributed by atoms with Crippen LogP contribution in [0.15, 0.2) is 73.4 Å². The van der Waals surface area contributed by atoms with Gasteiger partial charge in [-0.25, -0.2) is 9.07 Å². The molecule has 7 heteroatoms. The van der Waals surface area contributed by atoms with Crippen molar-refractivity contribution >= 4 is 16.6 Å². The molecule has 0 unspecified atom stereocenters. The molecule has 1 heterocycles. The summed E-state index contributed by atoms with van der Waals surface area (Å²) < 4.78 is 54.1. The second-order valence-electron chi connectivity index (χ2n) is 7.26. The summed E-state index contributed by atoms with van der Waals surface area (Å²) in [4.78, 5) is 0. The monoisotopic (exact) mass is 425 g/mol. The average Bonchev–Trinajstić information content (AvgIpc) is 3.18. The first-order valence-corrected chi connectivity index (χ1v) is 9.56. The van der Waals surface area contributed by atoms with Crippen LogP contribution in [0.25, 0.3) is 22.3 Å². The number of hydrogen-bond acceptors (Lipinski definition) is 2. The highest BCUT2D eigenvalue weighted by atomic mass is 19.4. The minimum atomic E-state index is -4.38. The normalized spacial score (nSPS) is 11.6. The molecule has 0 atom stereocenters. The Morgan fingerprint density at radius 1 is 1.06 bits per heavy atom. The molecule has 3 aromatic carbocycles. The summed E-state index contributed by atoms with van der Waals surface area (Å²) in [6, 6.07) is 15.6. The molecule has 0 fully saturated rings. The van der Waals surface area contributed by atoms with Gasteiger partial charge in [-0.2, -0.15) is 18.3 Å². The van der Waals surface area contributed by atoms with Gasteiger partial charge in [-0.15, -0.1) is 0 Å². The van der Waals surface area contributed by atoms with E-state index in [9.17, 15) is 17.6 Å². The Bertz CT molecular complexity index is 1270. The molecule has 1 N–H and O–H groups in total. The molecule has 1 aromatic heterocycles. The molecular weight excluding hydrogens is 406 g/mol. The fourth-order valence-corrected chi connectivity index (χ4v) is 3.44. The van der Waals surface area contributed by atoms with Gasteiger partial charge >= 0.3 is 6.18 Å². The Balaban J connectivity index is 1.59. The highest BCUT2D eigenvalue weighted by molar-refractivity contribution is 5.91. The zero-order valence-corrected chi connectivity index (χ0v) is 16.7.